The first-order valence-corrected chi connectivity index (χ1v) is 8.97. The maximum atomic E-state index is 11.8. The molecule has 3 rings (SSSR count). The van der Waals surface area contributed by atoms with Gasteiger partial charge in [-0.25, -0.2) is 14.8 Å². The van der Waals surface area contributed by atoms with Gasteiger partial charge in [0.25, 0.3) is 0 Å². The molecular weight excluding hydrogens is 354 g/mol. The van der Waals surface area contributed by atoms with E-state index in [4.69, 9.17) is 9.47 Å². The second-order valence-electron chi connectivity index (χ2n) is 5.63. The molecule has 1 atom stereocenters. The number of nitrogens with one attached hydrogen (secondary N) is 1. The van der Waals surface area contributed by atoms with E-state index in [2.05, 4.69) is 15.3 Å². The third-order valence-electron chi connectivity index (χ3n) is 3.69. The highest BCUT2D eigenvalue weighted by Crippen LogP contribution is 2.33. The number of phenolic OH excluding ortho intramolecular Hbond substituents is 1. The van der Waals surface area contributed by atoms with E-state index in [0.717, 1.165) is 5.01 Å². The summed E-state index contributed by atoms with van der Waals surface area (Å²) in [6.45, 7) is 5.62. The number of carbonyl (C=O) groups is 1. The van der Waals surface area contributed by atoms with Crippen LogP contribution in [0, 0.1) is 6.92 Å². The van der Waals surface area contributed by atoms with Gasteiger partial charge in [0.15, 0.2) is 11.6 Å². The van der Waals surface area contributed by atoms with Crippen LogP contribution in [0.1, 0.15) is 36.2 Å². The van der Waals surface area contributed by atoms with Crippen molar-refractivity contribution < 1.29 is 19.4 Å². The quantitative estimate of drug-likeness (QED) is 0.795. The van der Waals surface area contributed by atoms with Crippen molar-refractivity contribution in [2.45, 2.75) is 26.8 Å². The Labute approximate surface area is 155 Å². The van der Waals surface area contributed by atoms with Crippen molar-refractivity contribution in [2.24, 2.45) is 4.99 Å². The van der Waals surface area contributed by atoms with Crippen LogP contribution in [0.2, 0.25) is 0 Å². The molecule has 0 fully saturated rings. The fourth-order valence-electron chi connectivity index (χ4n) is 2.56. The van der Waals surface area contributed by atoms with Gasteiger partial charge >= 0.3 is 6.16 Å². The van der Waals surface area contributed by atoms with E-state index in [1.165, 1.54) is 11.3 Å². The molecule has 0 spiro atoms. The number of nitrogens with zero attached hydrogens (tertiary/aromatic N) is 2. The normalized spacial score (nSPS) is 16.7. The predicted octanol–water partition coefficient (Wildman–Crippen LogP) is 3.65. The largest absolute Gasteiger partial charge is 0.513 e. The standard InChI is InChI=1S/C18H19N3O4S/c1-4-24-18(23)25-16-10(2)19-17(14-9-26-11(3)20-14)21-15(16)12-6-5-7-13(22)8-12/h5-9,15,22H,4H2,1-3H3,(H,19,21). The summed E-state index contributed by atoms with van der Waals surface area (Å²) >= 11 is 1.52. The van der Waals surface area contributed by atoms with E-state index >= 15 is 0 Å². The van der Waals surface area contributed by atoms with Crippen molar-refractivity contribution in [2.75, 3.05) is 6.61 Å². The van der Waals surface area contributed by atoms with Crippen molar-refractivity contribution in [3.8, 4) is 5.75 Å². The van der Waals surface area contributed by atoms with Crippen molar-refractivity contribution in [3.63, 3.8) is 0 Å². The van der Waals surface area contributed by atoms with E-state index in [0.29, 0.717) is 28.5 Å². The number of hydrogen-bond acceptors (Lipinski definition) is 8. The SMILES string of the molecule is CCOC(=O)OC1=C(C)NC(c2csc(C)n2)=NC1c1cccc(O)c1. The van der Waals surface area contributed by atoms with Gasteiger partial charge in [-0.1, -0.05) is 12.1 Å². The number of aromatic hydroxyl groups is 1. The first kappa shape index (κ1) is 17.9. The second kappa shape index (κ2) is 7.57. The van der Waals surface area contributed by atoms with Crippen molar-refractivity contribution >= 4 is 23.3 Å². The second-order valence-corrected chi connectivity index (χ2v) is 6.69. The molecule has 1 aliphatic rings. The number of ether oxygens (including phenoxy) is 2. The maximum absolute atomic E-state index is 11.8. The van der Waals surface area contributed by atoms with Crippen LogP contribution in [0.25, 0.3) is 0 Å². The van der Waals surface area contributed by atoms with Crippen LogP contribution in [-0.4, -0.2) is 28.7 Å². The summed E-state index contributed by atoms with van der Waals surface area (Å²) in [7, 11) is 0. The molecule has 2 heterocycles. The number of allylic oxidation sites excluding steroid dienone is 1. The van der Waals surface area contributed by atoms with Crippen LogP contribution in [-0.2, 0) is 9.47 Å². The Hall–Kier alpha value is -2.87. The molecule has 0 aliphatic carbocycles. The smallest absolute Gasteiger partial charge is 0.508 e. The topological polar surface area (TPSA) is 93.0 Å². The molecule has 26 heavy (non-hydrogen) atoms. The van der Waals surface area contributed by atoms with Gasteiger partial charge in [-0.05, 0) is 38.5 Å². The molecule has 8 heteroatoms. The lowest BCUT2D eigenvalue weighted by Gasteiger charge is -2.25. The number of aliphatic imine (C=N–C) groups is 1. The highest BCUT2D eigenvalue weighted by molar-refractivity contribution is 7.09. The third kappa shape index (κ3) is 3.85. The maximum Gasteiger partial charge on any atom is 0.513 e. The molecule has 1 aromatic heterocycles. The minimum Gasteiger partial charge on any atom is -0.508 e. The summed E-state index contributed by atoms with van der Waals surface area (Å²) < 4.78 is 10.3. The number of benzene rings is 1. The molecule has 136 valence electrons. The summed E-state index contributed by atoms with van der Waals surface area (Å²) in [6.07, 6.45) is -0.794. The number of thiazole rings is 1. The molecule has 2 N–H and O–H groups in total. The van der Waals surface area contributed by atoms with Crippen LogP contribution < -0.4 is 5.32 Å². The Morgan fingerprint density at radius 2 is 2.19 bits per heavy atom. The summed E-state index contributed by atoms with van der Waals surface area (Å²) in [5, 5.41) is 15.8. The average molecular weight is 373 g/mol. The monoisotopic (exact) mass is 373 g/mol. The third-order valence-corrected chi connectivity index (χ3v) is 4.46. The zero-order valence-electron chi connectivity index (χ0n) is 14.6. The summed E-state index contributed by atoms with van der Waals surface area (Å²) in [5.74, 6) is 1.01. The van der Waals surface area contributed by atoms with E-state index in [1.807, 2.05) is 18.4 Å². The van der Waals surface area contributed by atoms with Gasteiger partial charge in [0.05, 0.1) is 17.3 Å². The molecule has 0 saturated heterocycles. The fourth-order valence-corrected chi connectivity index (χ4v) is 3.15. The predicted molar refractivity (Wildman–Crippen MR) is 98.2 cm³/mol. The molecule has 7 nitrogen and oxygen atoms in total. The number of hydrogen-bond donors (Lipinski definition) is 2. The van der Waals surface area contributed by atoms with E-state index in [1.54, 1.807) is 32.0 Å². The number of rotatable bonds is 4. The van der Waals surface area contributed by atoms with Crippen molar-refractivity contribution in [3.05, 3.63) is 57.4 Å². The van der Waals surface area contributed by atoms with E-state index < -0.39 is 12.2 Å². The minimum absolute atomic E-state index is 0.107. The van der Waals surface area contributed by atoms with Gasteiger partial charge in [0, 0.05) is 5.38 Å². The molecular formula is C18H19N3O4S. The Bertz CT molecular complexity index is 888. The molecule has 0 radical (unpaired) electrons. The average Bonchev–Trinajstić information content (AvgIpc) is 3.03. The number of carbonyl (C=O) groups excluding carboxylic acids is 1. The fraction of sp³-hybridized carbons (Fsp3) is 0.278. The number of phenols is 1. The first-order valence-electron chi connectivity index (χ1n) is 8.09. The van der Waals surface area contributed by atoms with E-state index in [-0.39, 0.29) is 12.4 Å². The molecule has 1 aromatic carbocycles. The Morgan fingerprint density at radius 3 is 2.85 bits per heavy atom. The number of amidine groups is 1. The van der Waals surface area contributed by atoms with Gasteiger partial charge in [-0.3, -0.25) is 0 Å². The number of aromatic nitrogens is 1. The van der Waals surface area contributed by atoms with Gasteiger partial charge in [-0.2, -0.15) is 0 Å². The van der Waals surface area contributed by atoms with Gasteiger partial charge in [0.2, 0.25) is 0 Å². The van der Waals surface area contributed by atoms with E-state index in [9.17, 15) is 9.90 Å². The van der Waals surface area contributed by atoms with Crippen LogP contribution in [0.15, 0.2) is 46.1 Å². The van der Waals surface area contributed by atoms with Crippen LogP contribution >= 0.6 is 11.3 Å². The van der Waals surface area contributed by atoms with Crippen molar-refractivity contribution in [1.29, 1.82) is 0 Å². The molecule has 1 unspecified atom stereocenters. The van der Waals surface area contributed by atoms with Crippen LogP contribution in [0.3, 0.4) is 0 Å². The molecule has 0 bridgehead atoms. The summed E-state index contributed by atoms with van der Waals surface area (Å²) in [6, 6.07) is 6.08. The van der Waals surface area contributed by atoms with Gasteiger partial charge < -0.3 is 19.9 Å². The van der Waals surface area contributed by atoms with Gasteiger partial charge in [-0.15, -0.1) is 11.3 Å². The molecule has 0 amide bonds. The lowest BCUT2D eigenvalue weighted by molar-refractivity contribution is 0.0763. The van der Waals surface area contributed by atoms with Gasteiger partial charge in [0.1, 0.15) is 17.5 Å². The minimum atomic E-state index is -0.794. The molecule has 0 saturated carbocycles. The number of aryl methyl sites for hydroxylation is 1. The van der Waals surface area contributed by atoms with Crippen LogP contribution in [0.5, 0.6) is 5.75 Å². The molecule has 1 aliphatic heterocycles. The Morgan fingerprint density at radius 1 is 1.38 bits per heavy atom. The van der Waals surface area contributed by atoms with Crippen LogP contribution in [0.4, 0.5) is 4.79 Å². The van der Waals surface area contributed by atoms with Crippen molar-refractivity contribution in [1.82, 2.24) is 10.3 Å². The Balaban J connectivity index is 2.01. The molecule has 2 aromatic rings. The lowest BCUT2D eigenvalue weighted by atomic mass is 10.0. The Kier molecular flexibility index (Phi) is 5.22. The summed E-state index contributed by atoms with van der Waals surface area (Å²) in [4.78, 5) is 21.0. The first-order chi connectivity index (χ1) is 12.5. The highest BCUT2D eigenvalue weighted by Gasteiger charge is 2.29. The zero-order valence-corrected chi connectivity index (χ0v) is 15.5. The zero-order chi connectivity index (χ0) is 18.7. The highest BCUT2D eigenvalue weighted by atomic mass is 32.1. The summed E-state index contributed by atoms with van der Waals surface area (Å²) in [5.41, 5.74) is 2.03. The lowest BCUT2D eigenvalue weighted by Crippen LogP contribution is -2.31.